The van der Waals surface area contributed by atoms with Gasteiger partial charge >= 0.3 is 0 Å². The van der Waals surface area contributed by atoms with Crippen molar-refractivity contribution in [2.45, 2.75) is 16.5 Å². The molecule has 8 heteroatoms. The van der Waals surface area contributed by atoms with Crippen molar-refractivity contribution in [3.8, 4) is 0 Å². The van der Waals surface area contributed by atoms with Crippen molar-refractivity contribution in [3.63, 3.8) is 0 Å². The number of quaternary nitrogens is 1. The standard InChI is InChI=1S/C13H12Cl3N3OS/c14-13(15,16)12(18-8-9-3-1-5-17-7-9)19-11(20)10-4-2-6-21-10/h1-7,12,18H,8H2,(H,19,20)/p+1/t12-/m0/s1. The molecule has 1 amide bonds. The van der Waals surface area contributed by atoms with Gasteiger partial charge in [0.1, 0.15) is 6.54 Å². The summed E-state index contributed by atoms with van der Waals surface area (Å²) in [6.07, 6.45) is 2.72. The summed E-state index contributed by atoms with van der Waals surface area (Å²) in [4.78, 5) is 16.7. The topological polar surface area (TPSA) is 58.6 Å². The first-order valence-electron chi connectivity index (χ1n) is 6.10. The van der Waals surface area contributed by atoms with Crippen LogP contribution in [0.4, 0.5) is 0 Å². The Balaban J connectivity index is 2.00. The van der Waals surface area contributed by atoms with Gasteiger partial charge < -0.3 is 5.32 Å². The Labute approximate surface area is 141 Å². The molecule has 0 aliphatic heterocycles. The van der Waals surface area contributed by atoms with Crippen LogP contribution in [0.5, 0.6) is 0 Å². The molecule has 112 valence electrons. The number of nitrogens with two attached hydrogens (primary N) is 1. The molecule has 0 unspecified atom stereocenters. The van der Waals surface area contributed by atoms with E-state index in [1.807, 2.05) is 17.5 Å². The molecule has 2 aromatic heterocycles. The van der Waals surface area contributed by atoms with Crippen LogP contribution in [0.2, 0.25) is 0 Å². The van der Waals surface area contributed by atoms with E-state index in [0.717, 1.165) is 5.56 Å². The molecule has 2 rings (SSSR count). The first-order valence-corrected chi connectivity index (χ1v) is 8.11. The summed E-state index contributed by atoms with van der Waals surface area (Å²) in [5, 5.41) is 6.31. The minimum atomic E-state index is -1.62. The molecular weight excluding hydrogens is 353 g/mol. The Kier molecular flexibility index (Phi) is 5.84. The highest BCUT2D eigenvalue weighted by Crippen LogP contribution is 2.27. The SMILES string of the molecule is O=C(N[C@H]([NH2+]Cc1cccnc1)C(Cl)(Cl)Cl)c1cccs1. The highest BCUT2D eigenvalue weighted by molar-refractivity contribution is 7.12. The second-order valence-electron chi connectivity index (χ2n) is 4.27. The van der Waals surface area contributed by atoms with Gasteiger partial charge in [-0.3, -0.25) is 15.1 Å². The maximum atomic E-state index is 12.1. The normalized spacial score (nSPS) is 12.9. The molecule has 2 heterocycles. The maximum Gasteiger partial charge on any atom is 0.265 e. The molecule has 2 aromatic rings. The lowest BCUT2D eigenvalue weighted by Crippen LogP contribution is -2.95. The summed E-state index contributed by atoms with van der Waals surface area (Å²) in [5.41, 5.74) is 0.974. The van der Waals surface area contributed by atoms with Crippen LogP contribution in [0, 0.1) is 0 Å². The van der Waals surface area contributed by atoms with Crippen LogP contribution in [0.25, 0.3) is 0 Å². The zero-order valence-electron chi connectivity index (χ0n) is 10.8. The van der Waals surface area contributed by atoms with Gasteiger partial charge in [0.2, 0.25) is 6.17 Å². The number of thiophene rings is 1. The van der Waals surface area contributed by atoms with Gasteiger partial charge in [-0.1, -0.05) is 46.9 Å². The van der Waals surface area contributed by atoms with Gasteiger partial charge in [-0.2, -0.15) is 0 Å². The van der Waals surface area contributed by atoms with Gasteiger partial charge in [0.25, 0.3) is 9.70 Å². The number of nitrogens with zero attached hydrogens (tertiary/aromatic N) is 1. The van der Waals surface area contributed by atoms with Crippen molar-refractivity contribution in [2.75, 3.05) is 0 Å². The number of halogens is 3. The molecule has 0 bridgehead atoms. The van der Waals surface area contributed by atoms with Gasteiger partial charge in [0, 0.05) is 18.0 Å². The van der Waals surface area contributed by atoms with E-state index in [1.54, 1.807) is 29.8 Å². The molecule has 4 nitrogen and oxygen atoms in total. The second-order valence-corrected chi connectivity index (χ2v) is 7.59. The van der Waals surface area contributed by atoms with Crippen molar-refractivity contribution in [1.29, 1.82) is 0 Å². The van der Waals surface area contributed by atoms with E-state index >= 15 is 0 Å². The predicted octanol–water partition coefficient (Wildman–Crippen LogP) is 2.33. The van der Waals surface area contributed by atoms with Crippen molar-refractivity contribution in [1.82, 2.24) is 10.3 Å². The number of pyridine rings is 1. The van der Waals surface area contributed by atoms with E-state index < -0.39 is 9.96 Å². The average Bonchev–Trinajstić information content (AvgIpc) is 2.97. The van der Waals surface area contributed by atoms with Crippen molar-refractivity contribution < 1.29 is 10.1 Å². The molecule has 0 saturated heterocycles. The van der Waals surface area contributed by atoms with Crippen molar-refractivity contribution in [2.24, 2.45) is 0 Å². The second kappa shape index (κ2) is 7.42. The van der Waals surface area contributed by atoms with E-state index in [-0.39, 0.29) is 5.91 Å². The van der Waals surface area contributed by atoms with Crippen LogP contribution >= 0.6 is 46.1 Å². The van der Waals surface area contributed by atoms with Gasteiger partial charge in [-0.15, -0.1) is 11.3 Å². The Bertz CT molecular complexity index is 572. The van der Waals surface area contributed by atoms with Gasteiger partial charge in [-0.25, -0.2) is 0 Å². The van der Waals surface area contributed by atoms with Crippen molar-refractivity contribution >= 4 is 52.0 Å². The number of alkyl halides is 3. The molecular formula is C13H13Cl3N3OS+. The Morgan fingerprint density at radius 3 is 2.76 bits per heavy atom. The first-order chi connectivity index (χ1) is 9.97. The Hall–Kier alpha value is -0.850. The maximum absolute atomic E-state index is 12.1. The predicted molar refractivity (Wildman–Crippen MR) is 85.7 cm³/mol. The largest absolute Gasteiger partial charge is 0.319 e. The van der Waals surface area contributed by atoms with Gasteiger partial charge in [0.15, 0.2) is 0 Å². The lowest BCUT2D eigenvalue weighted by Gasteiger charge is -2.23. The smallest absolute Gasteiger partial charge is 0.265 e. The quantitative estimate of drug-likeness (QED) is 0.631. The van der Waals surface area contributed by atoms with E-state index in [4.69, 9.17) is 34.8 Å². The molecule has 0 spiro atoms. The molecule has 0 aliphatic carbocycles. The minimum Gasteiger partial charge on any atom is -0.319 e. The van der Waals surface area contributed by atoms with E-state index in [1.165, 1.54) is 11.3 Å². The molecule has 3 N–H and O–H groups in total. The zero-order valence-corrected chi connectivity index (χ0v) is 13.9. The van der Waals surface area contributed by atoms with E-state index in [9.17, 15) is 4.79 Å². The Morgan fingerprint density at radius 1 is 1.38 bits per heavy atom. The third-order valence-corrected chi connectivity index (χ3v) is 4.27. The fourth-order valence-corrected chi connectivity index (χ4v) is 2.73. The highest BCUT2D eigenvalue weighted by Gasteiger charge is 2.37. The third-order valence-electron chi connectivity index (χ3n) is 2.70. The van der Waals surface area contributed by atoms with Gasteiger partial charge in [-0.05, 0) is 17.5 Å². The summed E-state index contributed by atoms with van der Waals surface area (Å²) >= 11 is 19.2. The van der Waals surface area contributed by atoms with Crippen LogP contribution in [0.15, 0.2) is 42.0 Å². The zero-order chi connectivity index (χ0) is 15.3. The summed E-state index contributed by atoms with van der Waals surface area (Å²) in [7, 11) is 0. The van der Waals surface area contributed by atoms with Crippen LogP contribution in [0.1, 0.15) is 15.2 Å². The van der Waals surface area contributed by atoms with E-state index in [2.05, 4.69) is 10.3 Å². The molecule has 1 atom stereocenters. The molecule has 0 fully saturated rings. The Morgan fingerprint density at radius 2 is 2.19 bits per heavy atom. The van der Waals surface area contributed by atoms with Gasteiger partial charge in [0.05, 0.1) is 4.88 Å². The van der Waals surface area contributed by atoms with Crippen LogP contribution in [-0.4, -0.2) is 20.8 Å². The number of carbonyl (C=O) groups is 1. The molecule has 0 aromatic carbocycles. The third kappa shape index (κ3) is 5.13. The monoisotopic (exact) mass is 364 g/mol. The number of hydrogen-bond acceptors (Lipinski definition) is 3. The van der Waals surface area contributed by atoms with Crippen molar-refractivity contribution in [3.05, 3.63) is 52.5 Å². The number of amides is 1. The summed E-state index contributed by atoms with van der Waals surface area (Å²) in [6.45, 7) is 0.539. The van der Waals surface area contributed by atoms with Crippen LogP contribution < -0.4 is 10.6 Å². The highest BCUT2D eigenvalue weighted by atomic mass is 35.6. The minimum absolute atomic E-state index is 0.260. The first kappa shape index (κ1) is 16.5. The van der Waals surface area contributed by atoms with Crippen LogP contribution in [0.3, 0.4) is 0 Å². The number of rotatable bonds is 5. The lowest BCUT2D eigenvalue weighted by molar-refractivity contribution is -0.706. The summed E-state index contributed by atoms with van der Waals surface area (Å²) in [5.74, 6) is -0.260. The molecule has 21 heavy (non-hydrogen) atoms. The number of carbonyl (C=O) groups excluding carboxylic acids is 1. The fourth-order valence-electron chi connectivity index (χ4n) is 1.67. The summed E-state index contributed by atoms with van der Waals surface area (Å²) < 4.78 is -1.62. The lowest BCUT2D eigenvalue weighted by atomic mass is 10.3. The summed E-state index contributed by atoms with van der Waals surface area (Å²) in [6, 6.07) is 7.26. The number of nitrogens with one attached hydrogen (secondary N) is 1. The number of aromatic nitrogens is 1. The molecule has 0 radical (unpaired) electrons. The van der Waals surface area contributed by atoms with Crippen LogP contribution in [-0.2, 0) is 6.54 Å². The fraction of sp³-hybridized carbons (Fsp3) is 0.231. The average molecular weight is 366 g/mol. The molecule has 0 aliphatic rings. The number of hydrogen-bond donors (Lipinski definition) is 2. The van der Waals surface area contributed by atoms with E-state index in [0.29, 0.717) is 11.4 Å². The molecule has 0 saturated carbocycles.